The van der Waals surface area contributed by atoms with Gasteiger partial charge in [0.25, 0.3) is 0 Å². The molecule has 47 heavy (non-hydrogen) atoms. The number of anilines is 2. The zero-order valence-electron chi connectivity index (χ0n) is 26.5. The topological polar surface area (TPSA) is 102 Å². The number of ether oxygens (including phenoxy) is 2. The summed E-state index contributed by atoms with van der Waals surface area (Å²) < 4.78 is 48.2. The molecule has 13 heteroatoms. The lowest BCUT2D eigenvalue weighted by Gasteiger charge is -2.30. The summed E-state index contributed by atoms with van der Waals surface area (Å²) in [5, 5.41) is 7.96. The first-order chi connectivity index (χ1) is 22.6. The van der Waals surface area contributed by atoms with Crippen molar-refractivity contribution in [2.24, 2.45) is 0 Å². The lowest BCUT2D eigenvalue weighted by molar-refractivity contribution is -0.188. The average molecular weight is 669 g/mol. The Bertz CT molecular complexity index is 1690. The molecule has 0 spiro atoms. The molecule has 4 aromatic rings. The molecule has 0 radical (unpaired) electrons. The molecule has 0 saturated heterocycles. The molecule has 1 aromatic carbocycles. The maximum Gasteiger partial charge on any atom is 0.411 e. The summed E-state index contributed by atoms with van der Waals surface area (Å²) in [5.41, 5.74) is 3.98. The fourth-order valence-corrected chi connectivity index (χ4v) is 7.41. The van der Waals surface area contributed by atoms with Crippen molar-refractivity contribution >= 4 is 39.0 Å². The number of benzene rings is 1. The Labute approximate surface area is 275 Å². The minimum absolute atomic E-state index is 0.128. The highest BCUT2D eigenvalue weighted by Crippen LogP contribution is 2.39. The second-order valence-corrected chi connectivity index (χ2v) is 13.4. The number of amides is 1. The summed E-state index contributed by atoms with van der Waals surface area (Å²) in [5.74, 6) is 2.31. The Morgan fingerprint density at radius 2 is 1.91 bits per heavy atom. The Hall–Kier alpha value is -3.81. The number of aromatic nitrogens is 3. The van der Waals surface area contributed by atoms with E-state index < -0.39 is 12.8 Å². The van der Waals surface area contributed by atoms with Gasteiger partial charge in [-0.05, 0) is 100 Å². The average Bonchev–Trinajstić information content (AvgIpc) is 3.43. The quantitative estimate of drug-likeness (QED) is 0.160. The van der Waals surface area contributed by atoms with Crippen LogP contribution in [0.3, 0.4) is 0 Å². The van der Waals surface area contributed by atoms with E-state index >= 15 is 0 Å². The van der Waals surface area contributed by atoms with E-state index in [2.05, 4.69) is 25.6 Å². The van der Waals surface area contributed by atoms with E-state index in [1.807, 2.05) is 49.1 Å². The normalized spacial score (nSPS) is 18.3. The smallest absolute Gasteiger partial charge is 0.411 e. The molecule has 1 fully saturated rings. The van der Waals surface area contributed by atoms with Crippen molar-refractivity contribution in [1.29, 1.82) is 0 Å². The molecule has 1 saturated carbocycles. The van der Waals surface area contributed by atoms with Crippen LogP contribution in [0.25, 0.3) is 10.2 Å². The number of halogens is 3. The van der Waals surface area contributed by atoms with Crippen LogP contribution in [0.2, 0.25) is 0 Å². The van der Waals surface area contributed by atoms with Gasteiger partial charge in [0.15, 0.2) is 0 Å². The largest absolute Gasteiger partial charge is 0.455 e. The number of carbonyl (C=O) groups is 1. The van der Waals surface area contributed by atoms with Gasteiger partial charge < -0.3 is 25.0 Å². The zero-order chi connectivity index (χ0) is 33.0. The van der Waals surface area contributed by atoms with Crippen molar-refractivity contribution in [3.63, 3.8) is 0 Å². The number of fused-ring (bicyclic) bond motifs is 3. The summed E-state index contributed by atoms with van der Waals surface area (Å²) in [6.45, 7) is 4.65. The van der Waals surface area contributed by atoms with Gasteiger partial charge in [-0.25, -0.2) is 9.97 Å². The van der Waals surface area contributed by atoms with Crippen LogP contribution in [0, 0.1) is 13.8 Å². The van der Waals surface area contributed by atoms with Crippen LogP contribution in [-0.2, 0) is 22.5 Å². The summed E-state index contributed by atoms with van der Waals surface area (Å²) in [6, 6.07) is 9.99. The highest BCUT2D eigenvalue weighted by molar-refractivity contribution is 7.19. The molecule has 0 unspecified atom stereocenters. The van der Waals surface area contributed by atoms with Crippen LogP contribution in [0.5, 0.6) is 11.5 Å². The van der Waals surface area contributed by atoms with Crippen molar-refractivity contribution < 1.29 is 27.4 Å². The van der Waals surface area contributed by atoms with E-state index in [4.69, 9.17) is 9.47 Å². The predicted octanol–water partition coefficient (Wildman–Crippen LogP) is 7.38. The summed E-state index contributed by atoms with van der Waals surface area (Å²) in [7, 11) is 0. The van der Waals surface area contributed by atoms with Crippen molar-refractivity contribution in [1.82, 2.24) is 25.2 Å². The lowest BCUT2D eigenvalue weighted by atomic mass is 9.93. The Morgan fingerprint density at radius 3 is 2.66 bits per heavy atom. The number of hydrogen-bond acceptors (Lipinski definition) is 9. The van der Waals surface area contributed by atoms with E-state index in [1.165, 1.54) is 5.56 Å². The first-order valence-corrected chi connectivity index (χ1v) is 16.9. The number of nitrogens with zero attached hydrogens (tertiary/aromatic N) is 4. The van der Waals surface area contributed by atoms with E-state index in [-0.39, 0.29) is 18.1 Å². The predicted molar refractivity (Wildman–Crippen MR) is 175 cm³/mol. The Morgan fingerprint density at radius 1 is 1.09 bits per heavy atom. The van der Waals surface area contributed by atoms with Gasteiger partial charge in [0.1, 0.15) is 35.1 Å². The number of nitrogens with one attached hydrogen (secondary N) is 2. The molecule has 0 atom stereocenters. The maximum absolute atomic E-state index is 13.1. The fourth-order valence-electron chi connectivity index (χ4n) is 6.21. The Balaban J connectivity index is 1.00. The zero-order valence-corrected chi connectivity index (χ0v) is 27.3. The summed E-state index contributed by atoms with van der Waals surface area (Å²) in [6.07, 6.45) is 3.36. The van der Waals surface area contributed by atoms with Gasteiger partial charge in [0.2, 0.25) is 5.91 Å². The highest BCUT2D eigenvalue weighted by Gasteiger charge is 2.31. The van der Waals surface area contributed by atoms with Crippen LogP contribution < -0.4 is 15.4 Å². The van der Waals surface area contributed by atoms with Crippen LogP contribution in [0.15, 0.2) is 42.9 Å². The molecule has 9 nitrogen and oxygen atoms in total. The molecule has 250 valence electrons. The van der Waals surface area contributed by atoms with E-state index in [0.29, 0.717) is 51.1 Å². The van der Waals surface area contributed by atoms with Gasteiger partial charge in [-0.3, -0.25) is 9.78 Å². The second-order valence-electron chi connectivity index (χ2n) is 12.3. The van der Waals surface area contributed by atoms with Gasteiger partial charge >= 0.3 is 6.18 Å². The number of thiophene rings is 1. The minimum Gasteiger partial charge on any atom is -0.455 e. The second kappa shape index (κ2) is 14.5. The third-order valence-electron chi connectivity index (χ3n) is 8.70. The molecule has 2 aliphatic rings. The number of rotatable bonds is 11. The van der Waals surface area contributed by atoms with Crippen LogP contribution in [-0.4, -0.2) is 63.8 Å². The van der Waals surface area contributed by atoms with Crippen LogP contribution in [0.1, 0.15) is 60.2 Å². The molecular formula is C34H39F3N6O3S. The molecule has 4 heterocycles. The number of pyridine rings is 1. The molecule has 6 rings (SSSR count). The van der Waals surface area contributed by atoms with Crippen molar-refractivity contribution in [3.05, 3.63) is 64.6 Å². The van der Waals surface area contributed by atoms with Gasteiger partial charge in [0, 0.05) is 35.3 Å². The molecule has 1 aliphatic carbocycles. The summed E-state index contributed by atoms with van der Waals surface area (Å²) in [4.78, 5) is 30.5. The van der Waals surface area contributed by atoms with E-state index in [9.17, 15) is 18.0 Å². The molecular weight excluding hydrogens is 629 g/mol. The van der Waals surface area contributed by atoms with E-state index in [0.717, 1.165) is 62.9 Å². The van der Waals surface area contributed by atoms with Crippen molar-refractivity contribution in [3.8, 4) is 11.5 Å². The lowest BCUT2D eigenvalue weighted by Crippen LogP contribution is -2.38. The third-order valence-corrected chi connectivity index (χ3v) is 9.82. The summed E-state index contributed by atoms with van der Waals surface area (Å²) >= 11 is 1.61. The molecule has 3 aromatic heterocycles. The van der Waals surface area contributed by atoms with Crippen LogP contribution in [0.4, 0.5) is 24.7 Å². The van der Waals surface area contributed by atoms with Crippen LogP contribution >= 0.6 is 11.3 Å². The van der Waals surface area contributed by atoms with E-state index in [1.54, 1.807) is 23.9 Å². The molecule has 1 aliphatic heterocycles. The first kappa shape index (κ1) is 33.1. The molecule has 2 N–H and O–H groups in total. The number of aryl methyl sites for hydroxylation is 2. The molecule has 0 bridgehead atoms. The highest BCUT2D eigenvalue weighted by atomic mass is 32.1. The first-order valence-electron chi connectivity index (χ1n) is 16.0. The van der Waals surface area contributed by atoms with Crippen molar-refractivity contribution in [2.45, 2.75) is 83.7 Å². The minimum atomic E-state index is -4.28. The standard InChI is InChI=1S/C34H39F3N6O3S/c1-21-16-24(8-12-28(21)46-26-9-5-22(2)39-17-26)42-32-31-27-13-15-43(18-29(27)47-33(31)41-20-40-32)30(44)4-3-14-38-23-6-10-25(11-7-23)45-19-34(35,36)37/h5,8-9,12,16-17,20,23,25,38H,3-4,6-7,10-11,13-15,18-19H2,1-2H3,(H,40,41,42). The third kappa shape index (κ3) is 8.57. The monoisotopic (exact) mass is 668 g/mol. The number of carbonyl (C=O) groups excluding carboxylic acids is 1. The van der Waals surface area contributed by atoms with Gasteiger partial charge in [0.05, 0.1) is 24.2 Å². The maximum atomic E-state index is 13.1. The van der Waals surface area contributed by atoms with Gasteiger partial charge in [-0.15, -0.1) is 11.3 Å². The number of alkyl halides is 3. The molecule has 1 amide bonds. The fraction of sp³-hybridized carbons (Fsp3) is 0.471. The number of hydrogen-bond donors (Lipinski definition) is 2. The van der Waals surface area contributed by atoms with Gasteiger partial charge in [-0.2, -0.15) is 13.2 Å². The van der Waals surface area contributed by atoms with Crippen molar-refractivity contribution in [2.75, 3.05) is 25.0 Å². The van der Waals surface area contributed by atoms with Gasteiger partial charge in [-0.1, -0.05) is 0 Å². The SMILES string of the molecule is Cc1ccc(Oc2ccc(Nc3ncnc4sc5c(c34)CCN(C(=O)CCCNC3CCC(OCC(F)(F)F)CC3)C5)cc2C)cn1. The Kier molecular flexibility index (Phi) is 10.2.